The molecule has 0 saturated carbocycles. The molecule has 0 unspecified atom stereocenters. The molecule has 0 saturated heterocycles. The summed E-state index contributed by atoms with van der Waals surface area (Å²) >= 11 is 0. The standard InChI is InChI=1S/C18H13NO4/c20-16-8-6-12(9-14(16)18(22)23)19-10-15-13-4-2-1-3-11(13)5-7-17(15)21/h1-10,20-21H,(H,22,23). The molecular weight excluding hydrogens is 294 g/mol. The van der Waals surface area contributed by atoms with E-state index in [0.717, 1.165) is 10.8 Å². The second-order valence-corrected chi connectivity index (χ2v) is 4.98. The maximum atomic E-state index is 11.0. The van der Waals surface area contributed by atoms with Crippen LogP contribution in [0.4, 0.5) is 5.69 Å². The first-order valence-electron chi connectivity index (χ1n) is 6.87. The minimum Gasteiger partial charge on any atom is -0.507 e. The Kier molecular flexibility index (Phi) is 3.68. The van der Waals surface area contributed by atoms with Crippen molar-refractivity contribution in [2.45, 2.75) is 0 Å². The maximum absolute atomic E-state index is 11.0. The first-order valence-corrected chi connectivity index (χ1v) is 6.87. The van der Waals surface area contributed by atoms with Crippen LogP contribution in [0.15, 0.2) is 59.6 Å². The molecule has 0 heterocycles. The molecule has 0 aromatic heterocycles. The normalized spacial score (nSPS) is 11.1. The van der Waals surface area contributed by atoms with Gasteiger partial charge in [-0.2, -0.15) is 0 Å². The van der Waals surface area contributed by atoms with E-state index in [1.54, 1.807) is 6.07 Å². The smallest absolute Gasteiger partial charge is 0.339 e. The number of carbonyl (C=O) groups is 1. The molecule has 0 spiro atoms. The molecule has 5 heteroatoms. The maximum Gasteiger partial charge on any atom is 0.339 e. The highest BCUT2D eigenvalue weighted by Gasteiger charge is 2.10. The Bertz CT molecular complexity index is 931. The number of aliphatic imine (C=N–C) groups is 1. The van der Waals surface area contributed by atoms with Gasteiger partial charge in [0.1, 0.15) is 17.1 Å². The van der Waals surface area contributed by atoms with Crippen LogP contribution in [-0.2, 0) is 0 Å². The number of carboxylic acids is 1. The summed E-state index contributed by atoms with van der Waals surface area (Å²) in [7, 11) is 0. The van der Waals surface area contributed by atoms with Crippen LogP contribution in [0.1, 0.15) is 15.9 Å². The Labute approximate surface area is 131 Å². The van der Waals surface area contributed by atoms with Gasteiger partial charge >= 0.3 is 5.97 Å². The summed E-state index contributed by atoms with van der Waals surface area (Å²) in [6.07, 6.45) is 1.48. The highest BCUT2D eigenvalue weighted by molar-refractivity contribution is 6.03. The van der Waals surface area contributed by atoms with E-state index in [1.165, 1.54) is 24.4 Å². The lowest BCUT2D eigenvalue weighted by Crippen LogP contribution is -1.96. The number of fused-ring (bicyclic) bond motifs is 1. The van der Waals surface area contributed by atoms with Gasteiger partial charge in [-0.3, -0.25) is 4.99 Å². The summed E-state index contributed by atoms with van der Waals surface area (Å²) in [5.74, 6) is -1.46. The van der Waals surface area contributed by atoms with Crippen molar-refractivity contribution >= 4 is 28.6 Å². The molecule has 3 aromatic carbocycles. The van der Waals surface area contributed by atoms with E-state index in [4.69, 9.17) is 5.11 Å². The minimum absolute atomic E-state index is 0.0877. The summed E-state index contributed by atoms with van der Waals surface area (Å²) in [5, 5.41) is 30.4. The predicted octanol–water partition coefficient (Wildman–Crippen LogP) is 3.70. The van der Waals surface area contributed by atoms with Crippen molar-refractivity contribution in [3.8, 4) is 11.5 Å². The van der Waals surface area contributed by atoms with E-state index in [2.05, 4.69) is 4.99 Å². The van der Waals surface area contributed by atoms with Crippen molar-refractivity contribution in [1.29, 1.82) is 0 Å². The minimum atomic E-state index is -1.23. The fourth-order valence-electron chi connectivity index (χ4n) is 2.33. The Morgan fingerprint density at radius 2 is 1.70 bits per heavy atom. The van der Waals surface area contributed by atoms with Crippen molar-refractivity contribution in [2.75, 3.05) is 0 Å². The van der Waals surface area contributed by atoms with Crippen LogP contribution in [0.3, 0.4) is 0 Å². The molecule has 23 heavy (non-hydrogen) atoms. The molecule has 114 valence electrons. The van der Waals surface area contributed by atoms with Gasteiger partial charge in [-0.15, -0.1) is 0 Å². The number of hydrogen-bond acceptors (Lipinski definition) is 4. The van der Waals surface area contributed by atoms with Crippen LogP contribution in [0.25, 0.3) is 10.8 Å². The molecule has 0 amide bonds. The number of hydrogen-bond donors (Lipinski definition) is 3. The van der Waals surface area contributed by atoms with Gasteiger partial charge in [0.15, 0.2) is 0 Å². The molecule has 0 fully saturated rings. The van der Waals surface area contributed by atoms with Gasteiger partial charge in [0.2, 0.25) is 0 Å². The first-order chi connectivity index (χ1) is 11.1. The van der Waals surface area contributed by atoms with Crippen LogP contribution in [0.5, 0.6) is 11.5 Å². The highest BCUT2D eigenvalue weighted by Crippen LogP contribution is 2.27. The van der Waals surface area contributed by atoms with Crippen molar-refractivity contribution in [2.24, 2.45) is 4.99 Å². The van der Waals surface area contributed by atoms with Gasteiger partial charge < -0.3 is 15.3 Å². The number of rotatable bonds is 3. The second kappa shape index (κ2) is 5.81. The number of phenolic OH excluding ortho intramolecular Hbond substituents is 1. The third kappa shape index (κ3) is 2.85. The number of carboxylic acid groups (broad SMARTS) is 1. The zero-order valence-corrected chi connectivity index (χ0v) is 12.0. The summed E-state index contributed by atoms with van der Waals surface area (Å²) in [6.45, 7) is 0. The van der Waals surface area contributed by atoms with Crippen LogP contribution in [0, 0.1) is 0 Å². The summed E-state index contributed by atoms with van der Waals surface area (Å²) in [5.41, 5.74) is 0.697. The van der Waals surface area contributed by atoms with Gasteiger partial charge in [0, 0.05) is 11.8 Å². The van der Waals surface area contributed by atoms with E-state index in [1.807, 2.05) is 30.3 Å². The van der Waals surface area contributed by atoms with Crippen LogP contribution in [-0.4, -0.2) is 27.5 Å². The van der Waals surface area contributed by atoms with Crippen LogP contribution in [0.2, 0.25) is 0 Å². The third-order valence-electron chi connectivity index (χ3n) is 3.50. The molecule has 3 N–H and O–H groups in total. The van der Waals surface area contributed by atoms with E-state index in [9.17, 15) is 15.0 Å². The Morgan fingerprint density at radius 3 is 2.48 bits per heavy atom. The van der Waals surface area contributed by atoms with E-state index >= 15 is 0 Å². The van der Waals surface area contributed by atoms with Crippen LogP contribution >= 0.6 is 0 Å². The lowest BCUT2D eigenvalue weighted by molar-refractivity contribution is 0.0694. The van der Waals surface area contributed by atoms with E-state index < -0.39 is 5.97 Å². The van der Waals surface area contributed by atoms with Crippen molar-refractivity contribution in [3.05, 3.63) is 65.7 Å². The second-order valence-electron chi connectivity index (χ2n) is 4.98. The number of benzene rings is 3. The molecule has 3 rings (SSSR count). The molecule has 0 bridgehead atoms. The molecule has 0 aliphatic heterocycles. The average molecular weight is 307 g/mol. The Hall–Kier alpha value is -3.34. The zero-order valence-electron chi connectivity index (χ0n) is 12.0. The lowest BCUT2D eigenvalue weighted by atomic mass is 10.0. The fourth-order valence-corrected chi connectivity index (χ4v) is 2.33. The van der Waals surface area contributed by atoms with Gasteiger partial charge in [-0.05, 0) is 35.0 Å². The Morgan fingerprint density at radius 1 is 0.957 bits per heavy atom. The van der Waals surface area contributed by atoms with Crippen molar-refractivity contribution in [1.82, 2.24) is 0 Å². The summed E-state index contributed by atoms with van der Waals surface area (Å²) < 4.78 is 0. The first kappa shape index (κ1) is 14.6. The zero-order chi connectivity index (χ0) is 16.4. The molecule has 0 radical (unpaired) electrons. The molecule has 0 atom stereocenters. The monoisotopic (exact) mass is 307 g/mol. The summed E-state index contributed by atoms with van der Waals surface area (Å²) in [4.78, 5) is 15.2. The summed E-state index contributed by atoms with van der Waals surface area (Å²) in [6, 6.07) is 15.0. The largest absolute Gasteiger partial charge is 0.507 e. The number of phenols is 2. The van der Waals surface area contributed by atoms with E-state index in [-0.39, 0.29) is 17.1 Å². The number of aromatic hydroxyl groups is 2. The van der Waals surface area contributed by atoms with Crippen molar-refractivity contribution < 1.29 is 20.1 Å². The molecule has 5 nitrogen and oxygen atoms in total. The topological polar surface area (TPSA) is 90.1 Å². The molecule has 0 aliphatic rings. The van der Waals surface area contributed by atoms with Gasteiger partial charge in [-0.25, -0.2) is 4.79 Å². The van der Waals surface area contributed by atoms with Gasteiger partial charge in [0.05, 0.1) is 5.69 Å². The molecular formula is C18H13NO4. The van der Waals surface area contributed by atoms with Gasteiger partial charge in [-0.1, -0.05) is 30.3 Å². The van der Waals surface area contributed by atoms with E-state index in [0.29, 0.717) is 11.3 Å². The number of nitrogens with zero attached hydrogens (tertiary/aromatic N) is 1. The SMILES string of the molecule is O=C(O)c1cc(N=Cc2c(O)ccc3ccccc23)ccc1O. The third-order valence-corrected chi connectivity index (χ3v) is 3.50. The lowest BCUT2D eigenvalue weighted by Gasteiger charge is -2.05. The van der Waals surface area contributed by atoms with Crippen LogP contribution < -0.4 is 0 Å². The fraction of sp³-hybridized carbons (Fsp3) is 0. The Balaban J connectivity index is 2.06. The van der Waals surface area contributed by atoms with Crippen molar-refractivity contribution in [3.63, 3.8) is 0 Å². The number of aromatic carboxylic acids is 1. The quantitative estimate of drug-likeness (QED) is 0.643. The van der Waals surface area contributed by atoms with Gasteiger partial charge in [0.25, 0.3) is 0 Å². The highest BCUT2D eigenvalue weighted by atomic mass is 16.4. The molecule has 3 aromatic rings. The predicted molar refractivity (Wildman–Crippen MR) is 87.9 cm³/mol. The molecule has 0 aliphatic carbocycles. The average Bonchev–Trinajstić information content (AvgIpc) is 2.55.